The van der Waals surface area contributed by atoms with Crippen molar-refractivity contribution in [3.05, 3.63) is 0 Å². The molecule has 1 saturated heterocycles. The monoisotopic (exact) mass is 494 g/mol. The number of hydrogen-bond donors (Lipinski definition) is 2. The maximum atomic E-state index is 5.64. The Kier molecular flexibility index (Phi) is 12.9. The summed E-state index contributed by atoms with van der Waals surface area (Å²) in [6.07, 6.45) is 9.11. The molecule has 1 aliphatic heterocycles. The van der Waals surface area contributed by atoms with Crippen LogP contribution in [0, 0.1) is 11.3 Å². The summed E-state index contributed by atoms with van der Waals surface area (Å²) >= 11 is 0. The zero-order valence-electron chi connectivity index (χ0n) is 17.9. The lowest BCUT2D eigenvalue weighted by atomic mass is 9.83. The van der Waals surface area contributed by atoms with Gasteiger partial charge in [-0.15, -0.1) is 24.0 Å². The Bertz CT molecular complexity index is 413. The first-order chi connectivity index (χ1) is 12.7. The van der Waals surface area contributed by atoms with E-state index in [2.05, 4.69) is 36.3 Å². The van der Waals surface area contributed by atoms with Crippen molar-refractivity contribution in [2.75, 3.05) is 52.5 Å². The van der Waals surface area contributed by atoms with Crippen molar-refractivity contribution in [1.29, 1.82) is 0 Å². The third kappa shape index (κ3) is 8.86. The maximum Gasteiger partial charge on any atom is 0.191 e. The maximum absolute atomic E-state index is 5.64. The molecule has 0 aromatic heterocycles. The van der Waals surface area contributed by atoms with Crippen LogP contribution in [-0.2, 0) is 4.74 Å². The lowest BCUT2D eigenvalue weighted by Crippen LogP contribution is -2.44. The van der Waals surface area contributed by atoms with Crippen LogP contribution in [-0.4, -0.2) is 63.3 Å². The lowest BCUT2D eigenvalue weighted by molar-refractivity contribution is 0.107. The number of rotatable bonds is 10. The highest BCUT2D eigenvalue weighted by molar-refractivity contribution is 14.0. The van der Waals surface area contributed by atoms with Crippen molar-refractivity contribution in [3.8, 4) is 0 Å². The van der Waals surface area contributed by atoms with Crippen molar-refractivity contribution >= 4 is 29.9 Å². The van der Waals surface area contributed by atoms with Crippen LogP contribution in [0.3, 0.4) is 0 Å². The van der Waals surface area contributed by atoms with E-state index >= 15 is 0 Å². The van der Waals surface area contributed by atoms with Crippen LogP contribution in [0.1, 0.15) is 65.7 Å². The van der Waals surface area contributed by atoms with Crippen molar-refractivity contribution in [2.24, 2.45) is 16.3 Å². The quantitative estimate of drug-likeness (QED) is 0.210. The standard InChI is InChI=1S/C21H42N4O.HI/c1-4-22-20(23-16-19-10-9-14-25(5-2)17-19)24-18-21(11-7-8-12-21)13-15-26-6-3;/h19H,4-18H2,1-3H3,(H2,22,23,24);1H. The summed E-state index contributed by atoms with van der Waals surface area (Å²) in [6, 6.07) is 0. The number of nitrogens with one attached hydrogen (secondary N) is 2. The highest BCUT2D eigenvalue weighted by Crippen LogP contribution is 2.41. The van der Waals surface area contributed by atoms with Crippen LogP contribution in [0.25, 0.3) is 0 Å². The first kappa shape index (κ1) is 25.0. The van der Waals surface area contributed by atoms with E-state index in [0.29, 0.717) is 5.41 Å². The van der Waals surface area contributed by atoms with Crippen LogP contribution < -0.4 is 10.6 Å². The summed E-state index contributed by atoms with van der Waals surface area (Å²) in [4.78, 5) is 7.57. The van der Waals surface area contributed by atoms with Crippen LogP contribution in [0.2, 0.25) is 0 Å². The second-order valence-corrected chi connectivity index (χ2v) is 8.13. The number of aliphatic imine (C=N–C) groups is 1. The first-order valence-electron chi connectivity index (χ1n) is 11.0. The van der Waals surface area contributed by atoms with Crippen LogP contribution in [0.5, 0.6) is 0 Å². The van der Waals surface area contributed by atoms with Gasteiger partial charge < -0.3 is 20.3 Å². The molecule has 2 fully saturated rings. The molecule has 0 amide bonds. The molecule has 0 bridgehead atoms. The van der Waals surface area contributed by atoms with E-state index < -0.39 is 0 Å². The van der Waals surface area contributed by atoms with Gasteiger partial charge in [0.1, 0.15) is 0 Å². The minimum Gasteiger partial charge on any atom is -0.382 e. The molecule has 5 nitrogen and oxygen atoms in total. The van der Waals surface area contributed by atoms with E-state index in [1.54, 1.807) is 0 Å². The van der Waals surface area contributed by atoms with E-state index in [0.717, 1.165) is 51.1 Å². The molecule has 2 N–H and O–H groups in total. The molecule has 6 heteroatoms. The SMILES string of the molecule is CCNC(=NCC1(CCOCC)CCCC1)NCC1CCCN(CC)C1.I. The highest BCUT2D eigenvalue weighted by Gasteiger charge is 2.33. The molecule has 27 heavy (non-hydrogen) atoms. The van der Waals surface area contributed by atoms with E-state index in [1.807, 2.05) is 0 Å². The molecule has 1 unspecified atom stereocenters. The van der Waals surface area contributed by atoms with Gasteiger partial charge in [-0.05, 0) is 70.4 Å². The van der Waals surface area contributed by atoms with Crippen molar-refractivity contribution in [3.63, 3.8) is 0 Å². The second-order valence-electron chi connectivity index (χ2n) is 8.13. The minimum atomic E-state index is 0. The fourth-order valence-electron chi connectivity index (χ4n) is 4.48. The van der Waals surface area contributed by atoms with Crippen molar-refractivity contribution in [2.45, 2.75) is 65.7 Å². The first-order valence-corrected chi connectivity index (χ1v) is 11.0. The fourth-order valence-corrected chi connectivity index (χ4v) is 4.48. The van der Waals surface area contributed by atoms with Gasteiger partial charge in [0, 0.05) is 39.4 Å². The van der Waals surface area contributed by atoms with Gasteiger partial charge in [0.2, 0.25) is 0 Å². The smallest absolute Gasteiger partial charge is 0.191 e. The topological polar surface area (TPSA) is 48.9 Å². The molecule has 1 atom stereocenters. The third-order valence-corrected chi connectivity index (χ3v) is 6.17. The number of halogens is 1. The average Bonchev–Trinajstić information content (AvgIpc) is 3.13. The lowest BCUT2D eigenvalue weighted by Gasteiger charge is -2.32. The molecular formula is C21H43IN4O. The fraction of sp³-hybridized carbons (Fsp3) is 0.952. The van der Waals surface area contributed by atoms with Gasteiger partial charge in [-0.1, -0.05) is 19.8 Å². The van der Waals surface area contributed by atoms with Gasteiger partial charge in [-0.3, -0.25) is 4.99 Å². The van der Waals surface area contributed by atoms with E-state index in [9.17, 15) is 0 Å². The number of piperidine rings is 1. The Hall–Kier alpha value is -0.0800. The van der Waals surface area contributed by atoms with Gasteiger partial charge in [-0.25, -0.2) is 0 Å². The Morgan fingerprint density at radius 3 is 2.59 bits per heavy atom. The molecule has 0 radical (unpaired) electrons. The third-order valence-electron chi connectivity index (χ3n) is 6.17. The zero-order valence-corrected chi connectivity index (χ0v) is 20.2. The molecule has 0 aromatic rings. The average molecular weight is 495 g/mol. The number of nitrogens with zero attached hydrogens (tertiary/aromatic N) is 2. The summed E-state index contributed by atoms with van der Waals surface area (Å²) in [6.45, 7) is 14.8. The van der Waals surface area contributed by atoms with Crippen LogP contribution >= 0.6 is 24.0 Å². The molecule has 0 spiro atoms. The van der Waals surface area contributed by atoms with E-state index in [-0.39, 0.29) is 24.0 Å². The predicted octanol–water partition coefficient (Wildman–Crippen LogP) is 3.88. The molecule has 0 aromatic carbocycles. The van der Waals surface area contributed by atoms with Crippen LogP contribution in [0.4, 0.5) is 0 Å². The summed E-state index contributed by atoms with van der Waals surface area (Å²) in [7, 11) is 0. The van der Waals surface area contributed by atoms with Crippen molar-refractivity contribution < 1.29 is 4.74 Å². The Morgan fingerprint density at radius 1 is 1.15 bits per heavy atom. The molecule has 2 aliphatic rings. The largest absolute Gasteiger partial charge is 0.382 e. The van der Waals surface area contributed by atoms with Gasteiger partial charge >= 0.3 is 0 Å². The van der Waals surface area contributed by atoms with Gasteiger partial charge in [-0.2, -0.15) is 0 Å². The summed E-state index contributed by atoms with van der Waals surface area (Å²) < 4.78 is 5.64. The minimum absolute atomic E-state index is 0. The normalized spacial score (nSPS) is 23.1. The molecular weight excluding hydrogens is 451 g/mol. The predicted molar refractivity (Wildman–Crippen MR) is 126 cm³/mol. The van der Waals surface area contributed by atoms with E-state index in [4.69, 9.17) is 9.73 Å². The number of guanidine groups is 1. The molecule has 1 saturated carbocycles. The van der Waals surface area contributed by atoms with Gasteiger partial charge in [0.05, 0.1) is 0 Å². The van der Waals surface area contributed by atoms with Gasteiger partial charge in [0.15, 0.2) is 5.96 Å². The number of likely N-dealkylation sites (tertiary alicyclic amines) is 1. The molecule has 1 aliphatic carbocycles. The number of ether oxygens (including phenoxy) is 1. The van der Waals surface area contributed by atoms with Crippen LogP contribution in [0.15, 0.2) is 4.99 Å². The Balaban J connectivity index is 0.00000364. The molecule has 1 heterocycles. The Labute approximate surface area is 184 Å². The van der Waals surface area contributed by atoms with Crippen molar-refractivity contribution in [1.82, 2.24) is 15.5 Å². The second kappa shape index (κ2) is 14.0. The zero-order chi connectivity index (χ0) is 18.7. The molecule has 2 rings (SSSR count). The Morgan fingerprint density at radius 2 is 1.93 bits per heavy atom. The summed E-state index contributed by atoms with van der Waals surface area (Å²) in [5.41, 5.74) is 0.362. The number of hydrogen-bond acceptors (Lipinski definition) is 3. The summed E-state index contributed by atoms with van der Waals surface area (Å²) in [5.74, 6) is 1.75. The highest BCUT2D eigenvalue weighted by atomic mass is 127. The van der Waals surface area contributed by atoms with E-state index in [1.165, 1.54) is 58.2 Å². The molecule has 160 valence electrons. The van der Waals surface area contributed by atoms with Gasteiger partial charge in [0.25, 0.3) is 0 Å². The summed E-state index contributed by atoms with van der Waals surface area (Å²) in [5, 5.41) is 7.07.